The third-order valence-corrected chi connectivity index (χ3v) is 2.53. The molecule has 0 atom stereocenters. The Morgan fingerprint density at radius 1 is 1.44 bits per heavy atom. The quantitative estimate of drug-likeness (QED) is 0.318. The van der Waals surface area contributed by atoms with Crippen LogP contribution in [0.4, 0.5) is 0 Å². The normalized spacial score (nSPS) is 16.6. The monoisotopic (exact) mass is 222 g/mol. The van der Waals surface area contributed by atoms with Crippen molar-refractivity contribution in [1.82, 2.24) is 0 Å². The lowest BCUT2D eigenvalue weighted by atomic mass is 9.97. The van der Waals surface area contributed by atoms with Crippen molar-refractivity contribution in [3.8, 4) is 0 Å². The second-order valence-electron chi connectivity index (χ2n) is 3.86. The Morgan fingerprint density at radius 2 is 2.19 bits per heavy atom. The van der Waals surface area contributed by atoms with Gasteiger partial charge in [-0.3, -0.25) is 4.79 Å². The molecular formula is C13H18O3. The Kier molecular flexibility index (Phi) is 4.96. The molecule has 88 valence electrons. The number of esters is 1. The van der Waals surface area contributed by atoms with Gasteiger partial charge in [0.05, 0.1) is 6.61 Å². The highest BCUT2D eigenvalue weighted by Gasteiger charge is 2.16. The van der Waals surface area contributed by atoms with Gasteiger partial charge in [-0.15, -0.1) is 0 Å². The molecule has 3 nitrogen and oxygen atoms in total. The first kappa shape index (κ1) is 12.7. The predicted molar refractivity (Wildman–Crippen MR) is 61.9 cm³/mol. The molecule has 0 spiro atoms. The molecule has 0 amide bonds. The molecule has 0 bridgehead atoms. The zero-order chi connectivity index (χ0) is 12.0. The summed E-state index contributed by atoms with van der Waals surface area (Å²) < 4.78 is 4.85. The van der Waals surface area contributed by atoms with Gasteiger partial charge >= 0.3 is 5.97 Å². The number of Topliss-reactive ketones (excluding diaryl/α,β-unsaturated/α-hetero) is 1. The molecule has 1 aliphatic rings. The number of carbonyl (C=O) groups is 2. The van der Waals surface area contributed by atoms with Gasteiger partial charge in [0, 0.05) is 0 Å². The summed E-state index contributed by atoms with van der Waals surface area (Å²) in [6.45, 7) is 3.42. The van der Waals surface area contributed by atoms with Crippen LogP contribution in [0.3, 0.4) is 0 Å². The maximum Gasteiger partial charge on any atom is 0.341 e. The molecule has 0 N–H and O–H groups in total. The zero-order valence-corrected chi connectivity index (χ0v) is 9.91. The minimum atomic E-state index is -0.513. The molecule has 0 aromatic rings. The highest BCUT2D eigenvalue weighted by atomic mass is 16.5. The number of hydrogen-bond donors (Lipinski definition) is 0. The first-order chi connectivity index (χ1) is 7.65. The van der Waals surface area contributed by atoms with E-state index < -0.39 is 5.97 Å². The maximum absolute atomic E-state index is 11.5. The summed E-state index contributed by atoms with van der Waals surface area (Å²) in [4.78, 5) is 22.9. The van der Waals surface area contributed by atoms with Gasteiger partial charge in [-0.25, -0.2) is 4.79 Å². The van der Waals surface area contributed by atoms with Crippen molar-refractivity contribution in [2.24, 2.45) is 0 Å². The fourth-order valence-corrected chi connectivity index (χ4v) is 1.69. The van der Waals surface area contributed by atoms with Crippen LogP contribution in [0.5, 0.6) is 0 Å². The van der Waals surface area contributed by atoms with E-state index in [1.54, 1.807) is 13.0 Å². The smallest absolute Gasteiger partial charge is 0.341 e. The number of carbonyl (C=O) groups excluding carboxylic acids is 2. The van der Waals surface area contributed by atoms with Crippen LogP contribution in [0.1, 0.15) is 39.5 Å². The van der Waals surface area contributed by atoms with Gasteiger partial charge in [0.1, 0.15) is 5.57 Å². The summed E-state index contributed by atoms with van der Waals surface area (Å²) in [6.07, 6.45) is 8.05. The first-order valence-electron chi connectivity index (χ1n) is 5.74. The van der Waals surface area contributed by atoms with Crippen LogP contribution in [0.15, 0.2) is 23.3 Å². The van der Waals surface area contributed by atoms with Crippen molar-refractivity contribution in [2.75, 3.05) is 6.61 Å². The Morgan fingerprint density at radius 3 is 2.69 bits per heavy atom. The SMILES string of the molecule is CCOC(=O)C(=CC1=CCCCC1)C(C)=O. The molecule has 0 aromatic heterocycles. The summed E-state index contributed by atoms with van der Waals surface area (Å²) in [5.41, 5.74) is 1.24. The molecule has 0 fully saturated rings. The topological polar surface area (TPSA) is 43.4 Å². The van der Waals surface area contributed by atoms with Gasteiger partial charge in [-0.1, -0.05) is 11.6 Å². The van der Waals surface area contributed by atoms with Gasteiger partial charge in [-0.05, 0) is 45.6 Å². The Balaban J connectivity index is 2.83. The van der Waals surface area contributed by atoms with Gasteiger partial charge in [0.2, 0.25) is 0 Å². The molecule has 16 heavy (non-hydrogen) atoms. The lowest BCUT2D eigenvalue weighted by Gasteiger charge is -2.10. The molecule has 1 aliphatic carbocycles. The van der Waals surface area contributed by atoms with E-state index in [0.29, 0.717) is 6.61 Å². The Bertz CT molecular complexity index is 337. The van der Waals surface area contributed by atoms with Crippen LogP contribution < -0.4 is 0 Å². The number of hydrogen-bond acceptors (Lipinski definition) is 3. The van der Waals surface area contributed by atoms with E-state index in [0.717, 1.165) is 24.8 Å². The van der Waals surface area contributed by atoms with E-state index in [1.807, 2.05) is 0 Å². The molecular weight excluding hydrogens is 204 g/mol. The first-order valence-corrected chi connectivity index (χ1v) is 5.74. The average molecular weight is 222 g/mol. The third-order valence-electron chi connectivity index (χ3n) is 2.53. The fourth-order valence-electron chi connectivity index (χ4n) is 1.69. The summed E-state index contributed by atoms with van der Waals surface area (Å²) >= 11 is 0. The van der Waals surface area contributed by atoms with Crippen LogP contribution in [0.2, 0.25) is 0 Å². The third kappa shape index (κ3) is 3.65. The lowest BCUT2D eigenvalue weighted by molar-refractivity contribution is -0.139. The molecule has 0 saturated carbocycles. The second-order valence-corrected chi connectivity index (χ2v) is 3.86. The predicted octanol–water partition coefficient (Wildman–Crippen LogP) is 2.57. The molecule has 0 saturated heterocycles. The molecule has 0 unspecified atom stereocenters. The number of ether oxygens (including phenoxy) is 1. The van der Waals surface area contributed by atoms with Crippen LogP contribution >= 0.6 is 0 Å². The van der Waals surface area contributed by atoms with Crippen molar-refractivity contribution in [1.29, 1.82) is 0 Å². The average Bonchev–Trinajstić information content (AvgIpc) is 2.27. The highest BCUT2D eigenvalue weighted by molar-refractivity contribution is 6.16. The molecule has 3 heteroatoms. The summed E-state index contributed by atoms with van der Waals surface area (Å²) in [7, 11) is 0. The molecule has 0 heterocycles. The van der Waals surface area contributed by atoms with E-state index in [9.17, 15) is 9.59 Å². The van der Waals surface area contributed by atoms with E-state index in [2.05, 4.69) is 6.08 Å². The van der Waals surface area contributed by atoms with E-state index in [4.69, 9.17) is 4.74 Å². The van der Waals surface area contributed by atoms with Crippen LogP contribution in [0.25, 0.3) is 0 Å². The van der Waals surface area contributed by atoms with Gasteiger partial charge in [0.25, 0.3) is 0 Å². The Hall–Kier alpha value is -1.38. The van der Waals surface area contributed by atoms with Crippen LogP contribution in [-0.2, 0) is 14.3 Å². The fraction of sp³-hybridized carbons (Fsp3) is 0.538. The van der Waals surface area contributed by atoms with E-state index >= 15 is 0 Å². The summed E-state index contributed by atoms with van der Waals surface area (Å²) in [6, 6.07) is 0. The highest BCUT2D eigenvalue weighted by Crippen LogP contribution is 2.20. The van der Waals surface area contributed by atoms with Gasteiger partial charge < -0.3 is 4.74 Å². The number of allylic oxidation sites excluding steroid dienone is 3. The molecule has 0 aromatic carbocycles. The van der Waals surface area contributed by atoms with Crippen molar-refractivity contribution < 1.29 is 14.3 Å². The Labute approximate surface area is 96.2 Å². The van der Waals surface area contributed by atoms with Crippen LogP contribution in [-0.4, -0.2) is 18.4 Å². The van der Waals surface area contributed by atoms with Crippen molar-refractivity contribution >= 4 is 11.8 Å². The van der Waals surface area contributed by atoms with Crippen molar-refractivity contribution in [3.63, 3.8) is 0 Å². The van der Waals surface area contributed by atoms with Crippen LogP contribution in [0, 0.1) is 0 Å². The van der Waals surface area contributed by atoms with E-state index in [-0.39, 0.29) is 11.4 Å². The molecule has 0 aliphatic heterocycles. The summed E-state index contributed by atoms with van der Waals surface area (Å²) in [5, 5.41) is 0. The largest absolute Gasteiger partial charge is 0.462 e. The minimum Gasteiger partial charge on any atom is -0.462 e. The second kappa shape index (κ2) is 6.26. The van der Waals surface area contributed by atoms with Gasteiger partial charge in [0.15, 0.2) is 5.78 Å². The maximum atomic E-state index is 11.5. The number of rotatable bonds is 4. The molecule has 1 rings (SSSR count). The number of ketones is 1. The lowest BCUT2D eigenvalue weighted by Crippen LogP contribution is -2.14. The van der Waals surface area contributed by atoms with E-state index in [1.165, 1.54) is 13.3 Å². The van der Waals surface area contributed by atoms with Crippen molar-refractivity contribution in [3.05, 3.63) is 23.3 Å². The molecule has 0 radical (unpaired) electrons. The summed E-state index contributed by atoms with van der Waals surface area (Å²) in [5.74, 6) is -0.744. The van der Waals surface area contributed by atoms with Gasteiger partial charge in [-0.2, -0.15) is 0 Å². The minimum absolute atomic E-state index is 0.162. The standard InChI is InChI=1S/C13H18O3/c1-3-16-13(15)12(10(2)14)9-11-7-5-4-6-8-11/h7,9H,3-6,8H2,1-2H3. The van der Waals surface area contributed by atoms with Crippen molar-refractivity contribution in [2.45, 2.75) is 39.5 Å². The zero-order valence-electron chi connectivity index (χ0n) is 9.91.